The highest BCUT2D eigenvalue weighted by Gasteiger charge is 2.34. The molecule has 2 heterocycles. The van der Waals surface area contributed by atoms with Gasteiger partial charge >= 0.3 is 0 Å². The van der Waals surface area contributed by atoms with Crippen LogP contribution in [-0.4, -0.2) is 35.8 Å². The lowest BCUT2D eigenvalue weighted by Crippen LogP contribution is -2.45. The molecule has 1 aromatic carbocycles. The number of likely N-dealkylation sites (tertiary alicyclic amines) is 1. The predicted octanol–water partition coefficient (Wildman–Crippen LogP) is 2.89. The number of carbonyl (C=O) groups excluding carboxylic acids is 3. The van der Waals surface area contributed by atoms with Crippen LogP contribution in [0.5, 0.6) is 5.75 Å². The van der Waals surface area contributed by atoms with Crippen LogP contribution in [0.25, 0.3) is 0 Å². The molecule has 2 N–H and O–H groups in total. The first-order chi connectivity index (χ1) is 14.3. The third-order valence-corrected chi connectivity index (χ3v) is 5.06. The summed E-state index contributed by atoms with van der Waals surface area (Å²) in [6.45, 7) is 5.06. The van der Waals surface area contributed by atoms with Gasteiger partial charge in [-0.15, -0.1) is 0 Å². The van der Waals surface area contributed by atoms with Crippen molar-refractivity contribution < 1.29 is 23.5 Å². The maximum Gasteiger partial charge on any atom is 0.273 e. The quantitative estimate of drug-likeness (QED) is 0.597. The first-order valence-electron chi connectivity index (χ1n) is 9.66. The molecule has 0 radical (unpaired) electrons. The number of halogens is 1. The van der Waals surface area contributed by atoms with Gasteiger partial charge in [-0.3, -0.25) is 25.2 Å². The van der Waals surface area contributed by atoms with E-state index in [0.29, 0.717) is 40.6 Å². The summed E-state index contributed by atoms with van der Waals surface area (Å²) >= 11 is 3.34. The summed E-state index contributed by atoms with van der Waals surface area (Å²) in [6, 6.07) is 8.63. The van der Waals surface area contributed by atoms with Gasteiger partial charge in [-0.2, -0.15) is 0 Å². The molecule has 9 heteroatoms. The van der Waals surface area contributed by atoms with Gasteiger partial charge in [0, 0.05) is 17.4 Å². The first-order valence-corrected chi connectivity index (χ1v) is 10.5. The maximum absolute atomic E-state index is 12.6. The van der Waals surface area contributed by atoms with Crippen molar-refractivity contribution >= 4 is 33.7 Å². The van der Waals surface area contributed by atoms with Crippen LogP contribution in [0, 0.1) is 11.8 Å². The highest BCUT2D eigenvalue weighted by atomic mass is 79.9. The number of amides is 3. The number of rotatable bonds is 7. The Balaban J connectivity index is 1.56. The molecule has 2 aromatic rings. The first kappa shape index (κ1) is 21.9. The van der Waals surface area contributed by atoms with Crippen LogP contribution in [-0.2, 0) is 16.1 Å². The molecule has 1 fully saturated rings. The average Bonchev–Trinajstić information content (AvgIpc) is 3.35. The second kappa shape index (κ2) is 9.80. The molecule has 1 aliphatic rings. The van der Waals surface area contributed by atoms with Gasteiger partial charge in [0.25, 0.3) is 5.91 Å². The number of nitrogens with zero attached hydrogens (tertiary/aromatic N) is 1. The number of carbonyl (C=O) groups is 3. The van der Waals surface area contributed by atoms with Gasteiger partial charge in [0.2, 0.25) is 11.8 Å². The van der Waals surface area contributed by atoms with E-state index in [-0.39, 0.29) is 18.9 Å². The highest BCUT2D eigenvalue weighted by molar-refractivity contribution is 9.10. The number of benzene rings is 1. The highest BCUT2D eigenvalue weighted by Crippen LogP contribution is 2.24. The number of furan rings is 1. The second-order valence-electron chi connectivity index (χ2n) is 7.54. The van der Waals surface area contributed by atoms with E-state index in [1.54, 1.807) is 35.2 Å². The molecule has 1 saturated heterocycles. The summed E-state index contributed by atoms with van der Waals surface area (Å²) in [4.78, 5) is 38.8. The van der Waals surface area contributed by atoms with E-state index < -0.39 is 17.7 Å². The Hall–Kier alpha value is -2.81. The summed E-state index contributed by atoms with van der Waals surface area (Å²) in [5, 5.41) is 0. The average molecular weight is 478 g/mol. The number of ether oxygens (including phenoxy) is 1. The Morgan fingerprint density at radius 3 is 2.80 bits per heavy atom. The van der Waals surface area contributed by atoms with Gasteiger partial charge in [-0.05, 0) is 36.2 Å². The van der Waals surface area contributed by atoms with Crippen LogP contribution in [0.1, 0.15) is 36.4 Å². The summed E-state index contributed by atoms with van der Waals surface area (Å²) < 4.78 is 11.7. The molecule has 8 nitrogen and oxygen atoms in total. The topological polar surface area (TPSA) is 101 Å². The molecule has 0 aliphatic carbocycles. The van der Waals surface area contributed by atoms with Gasteiger partial charge in [-0.1, -0.05) is 29.8 Å². The predicted molar refractivity (Wildman–Crippen MR) is 112 cm³/mol. The van der Waals surface area contributed by atoms with Gasteiger partial charge < -0.3 is 14.1 Å². The molecule has 0 saturated carbocycles. The van der Waals surface area contributed by atoms with E-state index in [1.165, 1.54) is 6.26 Å². The van der Waals surface area contributed by atoms with E-state index in [2.05, 4.69) is 26.8 Å². The zero-order valence-electron chi connectivity index (χ0n) is 16.8. The van der Waals surface area contributed by atoms with Crippen molar-refractivity contribution in [2.24, 2.45) is 11.8 Å². The number of hydrogen-bond acceptors (Lipinski definition) is 5. The van der Waals surface area contributed by atoms with Crippen LogP contribution < -0.4 is 15.6 Å². The molecular formula is C21H24BrN3O5. The zero-order chi connectivity index (χ0) is 21.7. The molecule has 0 spiro atoms. The number of nitrogens with one attached hydrogen (secondary N) is 2. The molecule has 1 aromatic heterocycles. The Kier molecular flexibility index (Phi) is 7.15. The molecule has 1 unspecified atom stereocenters. The lowest BCUT2D eigenvalue weighted by Gasteiger charge is -2.16. The molecule has 1 atom stereocenters. The maximum atomic E-state index is 12.6. The SMILES string of the molecule is CC(C)COc1ccc(Br)cc1C(=O)NNC(=O)C1CC(=O)N(Cc2ccco2)C1. The minimum absolute atomic E-state index is 0.0854. The lowest BCUT2D eigenvalue weighted by atomic mass is 10.1. The number of hydrogen-bond donors (Lipinski definition) is 2. The van der Waals surface area contributed by atoms with Crippen molar-refractivity contribution in [2.75, 3.05) is 13.2 Å². The fourth-order valence-corrected chi connectivity index (χ4v) is 3.40. The van der Waals surface area contributed by atoms with Crippen LogP contribution in [0.2, 0.25) is 0 Å². The largest absolute Gasteiger partial charge is 0.492 e. The second-order valence-corrected chi connectivity index (χ2v) is 8.46. The van der Waals surface area contributed by atoms with Gasteiger partial charge in [0.1, 0.15) is 11.5 Å². The van der Waals surface area contributed by atoms with E-state index in [0.717, 1.165) is 0 Å². The van der Waals surface area contributed by atoms with E-state index >= 15 is 0 Å². The minimum Gasteiger partial charge on any atom is -0.492 e. The third-order valence-electron chi connectivity index (χ3n) is 4.57. The Morgan fingerprint density at radius 2 is 2.10 bits per heavy atom. The zero-order valence-corrected chi connectivity index (χ0v) is 18.4. The van der Waals surface area contributed by atoms with E-state index in [9.17, 15) is 14.4 Å². The normalized spacial score (nSPS) is 16.1. The van der Waals surface area contributed by atoms with Crippen molar-refractivity contribution in [1.29, 1.82) is 0 Å². The molecule has 30 heavy (non-hydrogen) atoms. The minimum atomic E-state index is -0.549. The molecule has 1 aliphatic heterocycles. The van der Waals surface area contributed by atoms with Gasteiger partial charge in [0.15, 0.2) is 0 Å². The summed E-state index contributed by atoms with van der Waals surface area (Å²) in [6.07, 6.45) is 1.62. The number of hydrazine groups is 1. The molecule has 3 amide bonds. The fourth-order valence-electron chi connectivity index (χ4n) is 3.04. The van der Waals surface area contributed by atoms with Crippen molar-refractivity contribution in [2.45, 2.75) is 26.8 Å². The third kappa shape index (κ3) is 5.63. The molecular weight excluding hydrogens is 454 g/mol. The van der Waals surface area contributed by atoms with Crippen LogP contribution >= 0.6 is 15.9 Å². The smallest absolute Gasteiger partial charge is 0.273 e. The standard InChI is InChI=1S/C21H24BrN3O5/c1-13(2)12-30-18-6-5-15(22)9-17(18)21(28)24-23-20(27)14-8-19(26)25(10-14)11-16-4-3-7-29-16/h3-7,9,13-14H,8,10-12H2,1-2H3,(H,23,27)(H,24,28). The van der Waals surface area contributed by atoms with Crippen molar-refractivity contribution in [1.82, 2.24) is 15.8 Å². The Labute approximate surface area is 183 Å². The molecule has 3 rings (SSSR count). The molecule has 0 bridgehead atoms. The van der Waals surface area contributed by atoms with Crippen molar-refractivity contribution in [3.63, 3.8) is 0 Å². The summed E-state index contributed by atoms with van der Waals surface area (Å²) in [5.74, 6) is -0.214. The lowest BCUT2D eigenvalue weighted by molar-refractivity contribution is -0.129. The van der Waals surface area contributed by atoms with Gasteiger partial charge in [-0.25, -0.2) is 0 Å². The Bertz CT molecular complexity index is 913. The molecule has 160 valence electrons. The monoisotopic (exact) mass is 477 g/mol. The van der Waals surface area contributed by atoms with Crippen LogP contribution in [0.4, 0.5) is 0 Å². The van der Waals surface area contributed by atoms with E-state index in [4.69, 9.17) is 9.15 Å². The summed E-state index contributed by atoms with van der Waals surface area (Å²) in [7, 11) is 0. The fraction of sp³-hybridized carbons (Fsp3) is 0.381. The van der Waals surface area contributed by atoms with Gasteiger partial charge in [0.05, 0.1) is 30.9 Å². The van der Waals surface area contributed by atoms with E-state index in [1.807, 2.05) is 13.8 Å². The summed E-state index contributed by atoms with van der Waals surface area (Å²) in [5.41, 5.74) is 5.14. The Morgan fingerprint density at radius 1 is 1.30 bits per heavy atom. The van der Waals surface area contributed by atoms with Crippen LogP contribution in [0.3, 0.4) is 0 Å². The van der Waals surface area contributed by atoms with Crippen LogP contribution in [0.15, 0.2) is 45.5 Å². The van der Waals surface area contributed by atoms with Crippen molar-refractivity contribution in [3.05, 3.63) is 52.4 Å². The van der Waals surface area contributed by atoms with Crippen molar-refractivity contribution in [3.8, 4) is 5.75 Å².